The lowest BCUT2D eigenvalue weighted by Crippen LogP contribution is -2.41. The minimum absolute atomic E-state index is 0.0480. The Kier molecular flexibility index (Phi) is 6.22. The van der Waals surface area contributed by atoms with E-state index in [0.29, 0.717) is 18.0 Å². The third-order valence-corrected chi connectivity index (χ3v) is 7.02. The van der Waals surface area contributed by atoms with Gasteiger partial charge >= 0.3 is 0 Å². The van der Waals surface area contributed by atoms with Crippen LogP contribution < -0.4 is 0 Å². The summed E-state index contributed by atoms with van der Waals surface area (Å²) in [5.41, 5.74) is 3.12. The molecule has 0 bridgehead atoms. The number of aryl methyl sites for hydroxylation is 1. The van der Waals surface area contributed by atoms with E-state index in [-0.39, 0.29) is 29.9 Å². The Morgan fingerprint density at radius 2 is 1.63 bits per heavy atom. The minimum atomic E-state index is -3.07. The molecule has 1 heterocycles. The van der Waals surface area contributed by atoms with Gasteiger partial charge in [0.2, 0.25) is 5.91 Å². The lowest BCUT2D eigenvalue weighted by molar-refractivity contribution is -0.133. The zero-order valence-corrected chi connectivity index (χ0v) is 17.0. The van der Waals surface area contributed by atoms with E-state index in [2.05, 4.69) is 19.1 Å². The summed E-state index contributed by atoms with van der Waals surface area (Å²) in [6.45, 7) is 2.52. The molecule has 2 aromatic rings. The Balaban J connectivity index is 1.79. The Bertz CT molecular complexity index is 892. The number of amides is 1. The van der Waals surface area contributed by atoms with Gasteiger partial charge in [-0.1, -0.05) is 54.9 Å². The Labute approximate surface area is 166 Å². The van der Waals surface area contributed by atoms with Crippen LogP contribution in [0.1, 0.15) is 30.0 Å². The maximum Gasteiger partial charge on any atom is 0.227 e. The molecule has 0 radical (unpaired) electrons. The standard InChI is InChI=1S/C21H24ClNO3S/c1-2-16-3-5-18(6-4-16)14-23(20-11-12-27(25,26)15-20)21(24)13-17-7-9-19(22)10-8-17/h3-10,20H,2,11-15H2,1H3. The first-order chi connectivity index (χ1) is 12.9. The second-order valence-corrected chi connectivity index (χ2v) is 9.72. The van der Waals surface area contributed by atoms with Gasteiger partial charge in [-0.15, -0.1) is 0 Å². The number of benzene rings is 2. The number of sulfone groups is 1. The average molecular weight is 406 g/mol. The predicted octanol–water partition coefficient (Wildman–Crippen LogP) is 3.66. The molecule has 4 nitrogen and oxygen atoms in total. The molecule has 2 aromatic carbocycles. The fraction of sp³-hybridized carbons (Fsp3) is 0.381. The molecule has 144 valence electrons. The Morgan fingerprint density at radius 3 is 2.19 bits per heavy atom. The van der Waals surface area contributed by atoms with E-state index in [4.69, 9.17) is 11.6 Å². The van der Waals surface area contributed by atoms with Crippen LogP contribution in [0.4, 0.5) is 0 Å². The van der Waals surface area contributed by atoms with Crippen LogP contribution in [0.25, 0.3) is 0 Å². The van der Waals surface area contributed by atoms with E-state index in [1.807, 2.05) is 24.3 Å². The molecule has 0 N–H and O–H groups in total. The molecule has 1 aliphatic heterocycles. The highest BCUT2D eigenvalue weighted by Gasteiger charge is 2.34. The van der Waals surface area contributed by atoms with Crippen molar-refractivity contribution < 1.29 is 13.2 Å². The van der Waals surface area contributed by atoms with Gasteiger partial charge in [-0.2, -0.15) is 0 Å². The highest BCUT2D eigenvalue weighted by molar-refractivity contribution is 7.91. The van der Waals surface area contributed by atoms with Crippen LogP contribution in [0.5, 0.6) is 0 Å². The summed E-state index contributed by atoms with van der Waals surface area (Å²) < 4.78 is 23.9. The van der Waals surface area contributed by atoms with Crippen molar-refractivity contribution in [3.05, 3.63) is 70.2 Å². The third-order valence-electron chi connectivity index (χ3n) is 5.02. The largest absolute Gasteiger partial charge is 0.334 e. The molecular formula is C21H24ClNO3S. The molecule has 27 heavy (non-hydrogen) atoms. The lowest BCUT2D eigenvalue weighted by Gasteiger charge is -2.28. The number of hydrogen-bond donors (Lipinski definition) is 0. The third kappa shape index (κ3) is 5.33. The maximum absolute atomic E-state index is 13.0. The van der Waals surface area contributed by atoms with E-state index >= 15 is 0 Å². The van der Waals surface area contributed by atoms with Gasteiger partial charge in [0, 0.05) is 17.6 Å². The normalized spacial score (nSPS) is 18.4. The first kappa shape index (κ1) is 19.9. The van der Waals surface area contributed by atoms with Crippen molar-refractivity contribution >= 4 is 27.3 Å². The first-order valence-electron chi connectivity index (χ1n) is 9.18. The molecule has 1 aliphatic rings. The smallest absolute Gasteiger partial charge is 0.227 e. The molecule has 0 saturated carbocycles. The van der Waals surface area contributed by atoms with E-state index in [1.54, 1.807) is 17.0 Å². The molecule has 1 fully saturated rings. The second kappa shape index (κ2) is 8.44. The fourth-order valence-electron chi connectivity index (χ4n) is 3.40. The average Bonchev–Trinajstić information content (AvgIpc) is 3.01. The zero-order valence-electron chi connectivity index (χ0n) is 15.4. The Hall–Kier alpha value is -1.85. The topological polar surface area (TPSA) is 54.5 Å². The number of carbonyl (C=O) groups is 1. The summed E-state index contributed by atoms with van der Waals surface area (Å²) in [5.74, 6) is 0.141. The number of halogens is 1. The highest BCUT2D eigenvalue weighted by Crippen LogP contribution is 2.22. The zero-order chi connectivity index (χ0) is 19.4. The van der Waals surface area contributed by atoms with Gasteiger partial charge < -0.3 is 4.90 Å². The van der Waals surface area contributed by atoms with Gasteiger partial charge in [-0.25, -0.2) is 8.42 Å². The van der Waals surface area contributed by atoms with Crippen LogP contribution in [-0.4, -0.2) is 36.8 Å². The Morgan fingerprint density at radius 1 is 1.04 bits per heavy atom. The monoisotopic (exact) mass is 405 g/mol. The van der Waals surface area contributed by atoms with E-state index < -0.39 is 9.84 Å². The van der Waals surface area contributed by atoms with Crippen LogP contribution in [0, 0.1) is 0 Å². The van der Waals surface area contributed by atoms with E-state index in [1.165, 1.54) is 5.56 Å². The fourth-order valence-corrected chi connectivity index (χ4v) is 5.25. The summed E-state index contributed by atoms with van der Waals surface area (Å²) in [6.07, 6.45) is 1.70. The number of hydrogen-bond acceptors (Lipinski definition) is 3. The molecule has 1 amide bonds. The van der Waals surface area contributed by atoms with Crippen molar-refractivity contribution in [1.82, 2.24) is 4.90 Å². The molecule has 1 unspecified atom stereocenters. The SMILES string of the molecule is CCc1ccc(CN(C(=O)Cc2ccc(Cl)cc2)C2CCS(=O)(=O)C2)cc1. The van der Waals surface area contributed by atoms with Crippen molar-refractivity contribution in [2.45, 2.75) is 38.8 Å². The quantitative estimate of drug-likeness (QED) is 0.736. The van der Waals surface area contributed by atoms with Gasteiger partial charge in [-0.05, 0) is 41.7 Å². The van der Waals surface area contributed by atoms with Crippen LogP contribution in [0.3, 0.4) is 0 Å². The molecule has 3 rings (SSSR count). The minimum Gasteiger partial charge on any atom is -0.334 e. The summed E-state index contributed by atoms with van der Waals surface area (Å²) >= 11 is 5.92. The number of rotatable bonds is 6. The van der Waals surface area contributed by atoms with Crippen molar-refractivity contribution in [3.63, 3.8) is 0 Å². The predicted molar refractivity (Wildman–Crippen MR) is 109 cm³/mol. The lowest BCUT2D eigenvalue weighted by atomic mass is 10.1. The number of nitrogens with zero attached hydrogens (tertiary/aromatic N) is 1. The van der Waals surface area contributed by atoms with Crippen LogP contribution in [-0.2, 0) is 34.0 Å². The van der Waals surface area contributed by atoms with Gasteiger partial charge in [0.15, 0.2) is 9.84 Å². The highest BCUT2D eigenvalue weighted by atomic mass is 35.5. The molecule has 0 aromatic heterocycles. The van der Waals surface area contributed by atoms with Gasteiger partial charge in [0.1, 0.15) is 0 Å². The van der Waals surface area contributed by atoms with E-state index in [9.17, 15) is 13.2 Å². The van der Waals surface area contributed by atoms with Gasteiger partial charge in [0.05, 0.1) is 17.9 Å². The molecule has 1 saturated heterocycles. The van der Waals surface area contributed by atoms with Gasteiger partial charge in [0.25, 0.3) is 0 Å². The van der Waals surface area contributed by atoms with Crippen LogP contribution in [0.15, 0.2) is 48.5 Å². The first-order valence-corrected chi connectivity index (χ1v) is 11.4. The molecule has 0 aliphatic carbocycles. The second-order valence-electron chi connectivity index (χ2n) is 7.05. The molecule has 0 spiro atoms. The molecule has 1 atom stereocenters. The van der Waals surface area contributed by atoms with E-state index in [0.717, 1.165) is 17.5 Å². The van der Waals surface area contributed by atoms with Crippen molar-refractivity contribution in [2.75, 3.05) is 11.5 Å². The van der Waals surface area contributed by atoms with Crippen LogP contribution in [0.2, 0.25) is 5.02 Å². The maximum atomic E-state index is 13.0. The summed E-state index contributed by atoms with van der Waals surface area (Å²) in [7, 11) is -3.07. The summed E-state index contributed by atoms with van der Waals surface area (Å²) in [5, 5.41) is 0.626. The summed E-state index contributed by atoms with van der Waals surface area (Å²) in [4.78, 5) is 14.8. The summed E-state index contributed by atoms with van der Waals surface area (Å²) in [6, 6.07) is 15.1. The van der Waals surface area contributed by atoms with Crippen molar-refractivity contribution in [3.8, 4) is 0 Å². The van der Waals surface area contributed by atoms with Crippen LogP contribution >= 0.6 is 11.6 Å². The number of carbonyl (C=O) groups excluding carboxylic acids is 1. The molecule has 6 heteroatoms. The van der Waals surface area contributed by atoms with Gasteiger partial charge in [-0.3, -0.25) is 4.79 Å². The molecular weight excluding hydrogens is 382 g/mol. The van der Waals surface area contributed by atoms with Crippen molar-refractivity contribution in [1.29, 1.82) is 0 Å². The van der Waals surface area contributed by atoms with Crippen molar-refractivity contribution in [2.24, 2.45) is 0 Å².